The highest BCUT2D eigenvalue weighted by molar-refractivity contribution is 5.93. The van der Waals surface area contributed by atoms with Crippen molar-refractivity contribution in [3.05, 3.63) is 18.2 Å². The molecule has 1 aliphatic rings. The van der Waals surface area contributed by atoms with E-state index >= 15 is 0 Å². The maximum absolute atomic E-state index is 11.4. The molecule has 2 N–H and O–H groups in total. The zero-order valence-electron chi connectivity index (χ0n) is 10.8. The third-order valence-corrected chi connectivity index (χ3v) is 2.73. The van der Waals surface area contributed by atoms with Gasteiger partial charge in [0.15, 0.2) is 0 Å². The van der Waals surface area contributed by atoms with E-state index in [-0.39, 0.29) is 5.91 Å². The van der Waals surface area contributed by atoms with E-state index in [1.54, 1.807) is 0 Å². The number of ether oxygens (including phenoxy) is 1. The second kappa shape index (κ2) is 5.73. The van der Waals surface area contributed by atoms with Crippen LogP contribution >= 0.6 is 0 Å². The Bertz CT molecular complexity index is 432. The number of anilines is 2. The first-order valence-corrected chi connectivity index (χ1v) is 6.10. The predicted octanol–water partition coefficient (Wildman–Crippen LogP) is 1.38. The lowest BCUT2D eigenvalue weighted by atomic mass is 10.2. The number of benzene rings is 1. The Morgan fingerprint density at radius 2 is 2.28 bits per heavy atom. The SMILES string of the molecule is CN(C)CCNc1ccc2c(c1)NC(=O)CCO2. The zero-order chi connectivity index (χ0) is 13.0. The molecule has 0 spiro atoms. The van der Waals surface area contributed by atoms with Crippen LogP contribution in [0.4, 0.5) is 11.4 Å². The van der Waals surface area contributed by atoms with Gasteiger partial charge < -0.3 is 20.3 Å². The Morgan fingerprint density at radius 1 is 1.44 bits per heavy atom. The summed E-state index contributed by atoms with van der Waals surface area (Å²) in [6.07, 6.45) is 0.401. The van der Waals surface area contributed by atoms with Crippen LogP contribution in [0.5, 0.6) is 5.75 Å². The van der Waals surface area contributed by atoms with Crippen molar-refractivity contribution in [3.63, 3.8) is 0 Å². The molecule has 2 rings (SSSR count). The van der Waals surface area contributed by atoms with Crippen LogP contribution in [0, 0.1) is 0 Å². The quantitative estimate of drug-likeness (QED) is 0.846. The number of nitrogens with one attached hydrogen (secondary N) is 2. The van der Waals surface area contributed by atoms with Gasteiger partial charge in [-0.1, -0.05) is 0 Å². The monoisotopic (exact) mass is 249 g/mol. The minimum Gasteiger partial charge on any atom is -0.491 e. The number of carbonyl (C=O) groups excluding carboxylic acids is 1. The van der Waals surface area contributed by atoms with Crippen molar-refractivity contribution < 1.29 is 9.53 Å². The summed E-state index contributed by atoms with van der Waals surface area (Å²) < 4.78 is 5.50. The number of carbonyl (C=O) groups is 1. The van der Waals surface area contributed by atoms with Crippen molar-refractivity contribution in [2.75, 3.05) is 44.4 Å². The summed E-state index contributed by atoms with van der Waals surface area (Å²) in [5, 5.41) is 6.16. The maximum Gasteiger partial charge on any atom is 0.227 e. The summed E-state index contributed by atoms with van der Waals surface area (Å²) >= 11 is 0. The van der Waals surface area contributed by atoms with Gasteiger partial charge in [0.05, 0.1) is 18.7 Å². The van der Waals surface area contributed by atoms with E-state index in [0.717, 1.165) is 30.2 Å². The fraction of sp³-hybridized carbons (Fsp3) is 0.462. The number of fused-ring (bicyclic) bond motifs is 1. The topological polar surface area (TPSA) is 53.6 Å². The van der Waals surface area contributed by atoms with E-state index in [2.05, 4.69) is 15.5 Å². The lowest BCUT2D eigenvalue weighted by Crippen LogP contribution is -2.20. The minimum absolute atomic E-state index is 0.000749. The Hall–Kier alpha value is -1.75. The van der Waals surface area contributed by atoms with Gasteiger partial charge >= 0.3 is 0 Å². The molecule has 0 radical (unpaired) electrons. The fourth-order valence-corrected chi connectivity index (χ4v) is 1.75. The first-order valence-electron chi connectivity index (χ1n) is 6.10. The lowest BCUT2D eigenvalue weighted by molar-refractivity contribution is -0.116. The summed E-state index contributed by atoms with van der Waals surface area (Å²) in [6, 6.07) is 5.76. The van der Waals surface area contributed by atoms with Crippen LogP contribution < -0.4 is 15.4 Å². The van der Waals surface area contributed by atoms with Crippen molar-refractivity contribution >= 4 is 17.3 Å². The first-order chi connectivity index (χ1) is 8.65. The van der Waals surface area contributed by atoms with Crippen molar-refractivity contribution in [2.24, 2.45) is 0 Å². The molecular formula is C13H19N3O2. The standard InChI is InChI=1S/C13H19N3O2/c1-16(2)7-6-14-10-3-4-12-11(9-10)15-13(17)5-8-18-12/h3-4,9,14H,5-8H2,1-2H3,(H,15,17). The van der Waals surface area contributed by atoms with Crippen LogP contribution in [-0.2, 0) is 4.79 Å². The molecule has 5 heteroatoms. The van der Waals surface area contributed by atoms with Gasteiger partial charge in [-0.15, -0.1) is 0 Å². The normalized spacial score (nSPS) is 14.5. The summed E-state index contributed by atoms with van der Waals surface area (Å²) in [5.41, 5.74) is 1.73. The molecule has 1 heterocycles. The molecule has 1 aromatic rings. The van der Waals surface area contributed by atoms with E-state index in [0.29, 0.717) is 13.0 Å². The molecule has 18 heavy (non-hydrogen) atoms. The number of likely N-dealkylation sites (N-methyl/N-ethyl adjacent to an activating group) is 1. The molecule has 0 saturated heterocycles. The molecule has 0 saturated carbocycles. The summed E-state index contributed by atoms with van der Waals surface area (Å²) in [7, 11) is 4.07. The number of hydrogen-bond acceptors (Lipinski definition) is 4. The van der Waals surface area contributed by atoms with E-state index in [1.165, 1.54) is 0 Å². The third-order valence-electron chi connectivity index (χ3n) is 2.73. The molecule has 0 aliphatic carbocycles. The molecule has 0 bridgehead atoms. The van der Waals surface area contributed by atoms with E-state index < -0.39 is 0 Å². The number of rotatable bonds is 4. The maximum atomic E-state index is 11.4. The van der Waals surface area contributed by atoms with Gasteiger partial charge in [-0.05, 0) is 32.3 Å². The van der Waals surface area contributed by atoms with E-state index in [4.69, 9.17) is 4.74 Å². The van der Waals surface area contributed by atoms with E-state index in [1.807, 2.05) is 32.3 Å². The Labute approximate surface area is 107 Å². The second-order valence-electron chi connectivity index (χ2n) is 4.59. The van der Waals surface area contributed by atoms with Gasteiger partial charge in [0.1, 0.15) is 5.75 Å². The van der Waals surface area contributed by atoms with Gasteiger partial charge in [-0.25, -0.2) is 0 Å². The van der Waals surface area contributed by atoms with Gasteiger partial charge in [0, 0.05) is 18.8 Å². The molecule has 98 valence electrons. The largest absolute Gasteiger partial charge is 0.491 e. The molecular weight excluding hydrogens is 230 g/mol. The molecule has 0 fully saturated rings. The van der Waals surface area contributed by atoms with Crippen molar-refractivity contribution in [1.82, 2.24) is 4.90 Å². The third kappa shape index (κ3) is 3.37. The molecule has 0 unspecified atom stereocenters. The Kier molecular flexibility index (Phi) is 4.04. The predicted molar refractivity (Wildman–Crippen MR) is 72.2 cm³/mol. The highest BCUT2D eigenvalue weighted by atomic mass is 16.5. The number of hydrogen-bond donors (Lipinski definition) is 2. The van der Waals surface area contributed by atoms with E-state index in [9.17, 15) is 4.79 Å². The zero-order valence-corrected chi connectivity index (χ0v) is 10.8. The lowest BCUT2D eigenvalue weighted by Gasteiger charge is -2.13. The summed E-state index contributed by atoms with van der Waals surface area (Å²) in [4.78, 5) is 13.6. The number of nitrogens with zero attached hydrogens (tertiary/aromatic N) is 1. The Balaban J connectivity index is 2.03. The minimum atomic E-state index is -0.000749. The Morgan fingerprint density at radius 3 is 3.06 bits per heavy atom. The molecule has 1 aromatic carbocycles. The van der Waals surface area contributed by atoms with Crippen molar-refractivity contribution in [3.8, 4) is 5.75 Å². The van der Waals surface area contributed by atoms with Crippen molar-refractivity contribution in [1.29, 1.82) is 0 Å². The van der Waals surface area contributed by atoms with Gasteiger partial charge in [-0.3, -0.25) is 4.79 Å². The smallest absolute Gasteiger partial charge is 0.227 e. The molecule has 1 aliphatic heterocycles. The van der Waals surface area contributed by atoms with Crippen LogP contribution in [0.3, 0.4) is 0 Å². The second-order valence-corrected chi connectivity index (χ2v) is 4.59. The molecule has 1 amide bonds. The van der Waals surface area contributed by atoms with Crippen LogP contribution in [0.2, 0.25) is 0 Å². The summed E-state index contributed by atoms with van der Waals surface area (Å²) in [6.45, 7) is 2.26. The average molecular weight is 249 g/mol. The van der Waals surface area contributed by atoms with Gasteiger partial charge in [0.25, 0.3) is 0 Å². The van der Waals surface area contributed by atoms with Gasteiger partial charge in [-0.2, -0.15) is 0 Å². The van der Waals surface area contributed by atoms with Crippen LogP contribution in [0.15, 0.2) is 18.2 Å². The summed E-state index contributed by atoms with van der Waals surface area (Å²) in [5.74, 6) is 0.734. The van der Waals surface area contributed by atoms with Crippen molar-refractivity contribution in [2.45, 2.75) is 6.42 Å². The highest BCUT2D eigenvalue weighted by Crippen LogP contribution is 2.29. The molecule has 0 atom stereocenters. The van der Waals surface area contributed by atoms with Crippen LogP contribution in [-0.4, -0.2) is 44.6 Å². The average Bonchev–Trinajstić information content (AvgIpc) is 2.48. The van der Waals surface area contributed by atoms with Gasteiger partial charge in [0.2, 0.25) is 5.91 Å². The first kappa shape index (κ1) is 12.7. The molecule has 0 aromatic heterocycles. The molecule has 5 nitrogen and oxygen atoms in total. The van der Waals surface area contributed by atoms with Crippen LogP contribution in [0.25, 0.3) is 0 Å². The van der Waals surface area contributed by atoms with Crippen LogP contribution in [0.1, 0.15) is 6.42 Å². The highest BCUT2D eigenvalue weighted by Gasteiger charge is 2.13. The fourth-order valence-electron chi connectivity index (χ4n) is 1.75. The number of amides is 1.